The summed E-state index contributed by atoms with van der Waals surface area (Å²) in [4.78, 5) is 7.19. The van der Waals surface area contributed by atoms with E-state index < -0.39 is 11.6 Å². The molecule has 13 aromatic rings. The molecule has 10 heterocycles. The van der Waals surface area contributed by atoms with Crippen LogP contribution in [0.1, 0.15) is 182 Å². The molecule has 10 aromatic heterocycles. The molecule has 488 valence electrons. The van der Waals surface area contributed by atoms with E-state index in [1.165, 1.54) is 205 Å². The number of halogens is 3. The number of rotatable bonds is 5. The molecule has 16 rings (SSSR count). The first-order valence-corrected chi connectivity index (χ1v) is 41.5. The second kappa shape index (κ2) is 28.3. The normalized spacial score (nSPS) is 17.6. The van der Waals surface area contributed by atoms with E-state index in [1.807, 2.05) is 90.7 Å². The van der Waals surface area contributed by atoms with Crippen LogP contribution in [0.3, 0.4) is 0 Å². The molecule has 0 nitrogen and oxygen atoms in total. The van der Waals surface area contributed by atoms with Gasteiger partial charge in [-0.3, -0.25) is 0 Å². The first-order chi connectivity index (χ1) is 44.4. The van der Waals surface area contributed by atoms with Crippen molar-refractivity contribution in [1.29, 1.82) is 0 Å². The van der Waals surface area contributed by atoms with Crippen LogP contribution in [0.4, 0.5) is 13.2 Å². The van der Waals surface area contributed by atoms with E-state index in [1.54, 1.807) is 42.5 Å². The summed E-state index contributed by atoms with van der Waals surface area (Å²) in [6, 6.07) is 26.1. The van der Waals surface area contributed by atoms with E-state index in [0.717, 1.165) is 11.3 Å². The molecule has 13 heteroatoms. The molecule has 1 spiro atoms. The predicted octanol–water partition coefficient (Wildman–Crippen LogP) is 30.7. The van der Waals surface area contributed by atoms with Gasteiger partial charge in [0, 0.05) is 74.0 Å². The predicted molar refractivity (Wildman–Crippen MR) is 418 cm³/mol. The Morgan fingerprint density at radius 3 is 1.17 bits per heavy atom. The SMILES string of the molecule is Cc1ccc(-c2c(C)sc3c(C)csc23)c(C)c1.Cc1ccccc1-c1c(C)sc2c(C)csc12.Cc1sc2c(C)csc2c1-c1ccccc1.Cc1sc2c(C)csc2c1C1CCC(C)(C(F)(F)F)CC1.Cc1sc2c(C)csc2c1C1CCC2(CCCCC2)CC1. The minimum absolute atomic E-state index is 0.252. The van der Waals surface area contributed by atoms with E-state index >= 15 is 0 Å². The molecule has 0 amide bonds. The molecule has 0 aliphatic heterocycles. The van der Waals surface area contributed by atoms with Crippen molar-refractivity contribution in [2.75, 3.05) is 0 Å². The lowest BCUT2D eigenvalue weighted by atomic mass is 9.62. The summed E-state index contributed by atoms with van der Waals surface area (Å²) in [7, 11) is 0. The lowest BCUT2D eigenvalue weighted by Gasteiger charge is -2.43. The molecule has 0 saturated heterocycles. The summed E-state index contributed by atoms with van der Waals surface area (Å²) in [5.74, 6) is 1.15. The van der Waals surface area contributed by atoms with E-state index in [9.17, 15) is 13.2 Å². The van der Waals surface area contributed by atoms with E-state index in [-0.39, 0.29) is 12.8 Å². The highest BCUT2D eigenvalue weighted by Gasteiger charge is 2.52. The summed E-state index contributed by atoms with van der Waals surface area (Å²) >= 11 is 19.0. The lowest BCUT2D eigenvalue weighted by molar-refractivity contribution is -0.228. The number of alkyl halides is 3. The fourth-order valence-corrected chi connectivity index (χ4v) is 27.9. The number of hydrogen-bond donors (Lipinski definition) is 0. The van der Waals surface area contributed by atoms with Gasteiger partial charge in [0.05, 0.1) is 19.5 Å². The number of hydrogen-bond acceptors (Lipinski definition) is 10. The third-order valence-electron chi connectivity index (χ3n) is 20.5. The van der Waals surface area contributed by atoms with Gasteiger partial charge in [-0.15, -0.1) is 113 Å². The summed E-state index contributed by atoms with van der Waals surface area (Å²) in [6.45, 7) is 30.1. The van der Waals surface area contributed by atoms with Crippen molar-refractivity contribution >= 4 is 160 Å². The molecule has 0 N–H and O–H groups in total. The van der Waals surface area contributed by atoms with Crippen molar-refractivity contribution in [3.8, 4) is 33.4 Å². The zero-order chi connectivity index (χ0) is 65.8. The summed E-state index contributed by atoms with van der Waals surface area (Å²) < 4.78 is 54.0. The lowest BCUT2D eigenvalue weighted by Crippen LogP contribution is -2.38. The van der Waals surface area contributed by atoms with Gasteiger partial charge in [-0.25, -0.2) is 0 Å². The minimum Gasteiger partial charge on any atom is -0.171 e. The maximum atomic E-state index is 13.1. The summed E-state index contributed by atoms with van der Waals surface area (Å²) in [5.41, 5.74) is 21.9. The van der Waals surface area contributed by atoms with E-state index in [0.29, 0.717) is 18.8 Å². The van der Waals surface area contributed by atoms with Crippen LogP contribution in [-0.2, 0) is 0 Å². The van der Waals surface area contributed by atoms with Gasteiger partial charge in [-0.05, 0) is 265 Å². The van der Waals surface area contributed by atoms with Crippen LogP contribution in [0.2, 0.25) is 0 Å². The van der Waals surface area contributed by atoms with Gasteiger partial charge in [0.15, 0.2) is 0 Å². The van der Waals surface area contributed by atoms with Crippen molar-refractivity contribution in [3.05, 3.63) is 180 Å². The summed E-state index contributed by atoms with van der Waals surface area (Å²) in [6.07, 6.45) is 11.2. The largest absolute Gasteiger partial charge is 0.394 e. The zero-order valence-corrected chi connectivity index (χ0v) is 64.5. The second-order valence-corrected chi connectivity index (χ2v) is 37.8. The maximum Gasteiger partial charge on any atom is 0.394 e. The maximum absolute atomic E-state index is 13.1. The zero-order valence-electron chi connectivity index (χ0n) is 56.4. The number of thiophene rings is 10. The average molecular weight is 1430 g/mol. The molecule has 0 bridgehead atoms. The monoisotopic (exact) mass is 1420 g/mol. The molecule has 3 aliphatic carbocycles. The molecule has 0 atom stereocenters. The van der Waals surface area contributed by atoms with Crippen LogP contribution in [0.25, 0.3) is 80.4 Å². The topological polar surface area (TPSA) is 0 Å². The van der Waals surface area contributed by atoms with Crippen molar-refractivity contribution in [1.82, 2.24) is 0 Å². The average Bonchev–Trinajstić information content (AvgIpc) is 1.64. The Morgan fingerprint density at radius 1 is 0.355 bits per heavy atom. The van der Waals surface area contributed by atoms with Crippen LogP contribution in [0.5, 0.6) is 0 Å². The molecule has 3 aromatic carbocycles. The molecule has 3 aliphatic rings. The van der Waals surface area contributed by atoms with Gasteiger partial charge in [-0.2, -0.15) is 13.2 Å². The van der Waals surface area contributed by atoms with Crippen molar-refractivity contribution in [2.24, 2.45) is 10.8 Å². The molecule has 0 radical (unpaired) electrons. The van der Waals surface area contributed by atoms with E-state index in [2.05, 4.69) is 190 Å². The standard InChI is InChI=1S/C19H26S2.C16H19F3S2.C16H16S2.C15H14S2.C14H12S2/c1-13-12-20-18-16(14(2)21-17(13)18)15-6-10-19(11-7-15)8-4-3-5-9-19;1-9-8-20-14-12(10(2)21-13(9)14)11-4-6-15(3,7-5-11)16(17,18)19;1-9-5-6-13(10(2)7-9)14-12(4)18-15-11(3)8-17-16(14)15;1-9-6-4-5-7-12(9)13-11(3)17-14-10(2)8-16-15(13)14;1-9-8-15-14-12(10(2)16-13(9)14)11-6-4-3-5-7-11/h12,15H,3-11H2,1-2H3;8,11H,4-7H2,1-3H3;5-8H,1-4H3;4-8H,1-3H3;3-8H,1-2H3. The van der Waals surface area contributed by atoms with Crippen LogP contribution in [0.15, 0.2) is 99.7 Å². The van der Waals surface area contributed by atoms with Crippen molar-refractivity contribution in [2.45, 2.75) is 198 Å². The first kappa shape index (κ1) is 68.7. The summed E-state index contributed by atoms with van der Waals surface area (Å²) in [5, 5.41) is 11.3. The quantitative estimate of drug-likeness (QED) is 0.161. The van der Waals surface area contributed by atoms with Gasteiger partial charge >= 0.3 is 6.18 Å². The third kappa shape index (κ3) is 13.9. The van der Waals surface area contributed by atoms with Crippen LogP contribution < -0.4 is 0 Å². The van der Waals surface area contributed by atoms with E-state index in [4.69, 9.17) is 0 Å². The molecular weight excluding hydrogens is 1340 g/mol. The Morgan fingerprint density at radius 2 is 0.731 bits per heavy atom. The molecule has 3 saturated carbocycles. The van der Waals surface area contributed by atoms with Crippen LogP contribution in [0, 0.1) is 101 Å². The Kier molecular flexibility index (Phi) is 20.9. The molecule has 93 heavy (non-hydrogen) atoms. The Labute approximate surface area is 590 Å². The Hall–Kier alpha value is -4.25. The highest BCUT2D eigenvalue weighted by molar-refractivity contribution is 7.30. The minimum atomic E-state index is -4.07. The second-order valence-electron chi connectivity index (χ2n) is 27.3. The van der Waals surface area contributed by atoms with Crippen molar-refractivity contribution < 1.29 is 13.2 Å². The van der Waals surface area contributed by atoms with Gasteiger partial charge in [0.25, 0.3) is 0 Å². The van der Waals surface area contributed by atoms with Gasteiger partial charge in [0.1, 0.15) is 0 Å². The fraction of sp³-hybridized carbons (Fsp3) is 0.400. The fourth-order valence-electron chi connectivity index (χ4n) is 15.1. The smallest absolute Gasteiger partial charge is 0.171 e. The first-order valence-electron chi connectivity index (χ1n) is 33.1. The van der Waals surface area contributed by atoms with Crippen LogP contribution >= 0.6 is 113 Å². The Bertz CT molecular complexity index is 4720. The number of fused-ring (bicyclic) bond motifs is 5. The van der Waals surface area contributed by atoms with Crippen molar-refractivity contribution in [3.63, 3.8) is 0 Å². The molecule has 3 fully saturated rings. The molecule has 0 unspecified atom stereocenters. The van der Waals surface area contributed by atoms with Crippen LogP contribution in [-0.4, -0.2) is 6.18 Å². The van der Waals surface area contributed by atoms with Gasteiger partial charge in [0.2, 0.25) is 0 Å². The number of benzene rings is 3. The van der Waals surface area contributed by atoms with Gasteiger partial charge in [-0.1, -0.05) is 105 Å². The Balaban J connectivity index is 0.000000112. The molecular formula is C80H87F3S10. The third-order valence-corrected chi connectivity index (χ3v) is 33.0. The number of aryl methyl sites for hydroxylation is 13. The highest BCUT2D eigenvalue weighted by atomic mass is 32.1. The van der Waals surface area contributed by atoms with Gasteiger partial charge < -0.3 is 0 Å². The highest BCUT2D eigenvalue weighted by Crippen LogP contribution is 2.56.